The molecule has 2 aromatic heterocycles. The number of benzene rings is 1. The van der Waals surface area contributed by atoms with Gasteiger partial charge in [-0.1, -0.05) is 35.3 Å². The number of fused-ring (bicyclic) bond motifs is 1. The summed E-state index contributed by atoms with van der Waals surface area (Å²) in [5.41, 5.74) is 2.08. The summed E-state index contributed by atoms with van der Waals surface area (Å²) >= 11 is 19.5. The Labute approximate surface area is 129 Å². The summed E-state index contributed by atoms with van der Waals surface area (Å²) in [6.45, 7) is 2.03. The molecular formula is C13H7Cl3N2S. The molecule has 0 amide bonds. The van der Waals surface area contributed by atoms with Crippen molar-refractivity contribution in [2.45, 2.75) is 6.92 Å². The van der Waals surface area contributed by atoms with Crippen molar-refractivity contribution in [1.29, 1.82) is 0 Å². The third kappa shape index (κ3) is 2.32. The van der Waals surface area contributed by atoms with Crippen molar-refractivity contribution in [1.82, 2.24) is 9.97 Å². The van der Waals surface area contributed by atoms with E-state index in [0.29, 0.717) is 10.2 Å². The van der Waals surface area contributed by atoms with E-state index < -0.39 is 0 Å². The minimum atomic E-state index is 0.168. The smallest absolute Gasteiger partial charge is 0.207 e. The van der Waals surface area contributed by atoms with E-state index in [9.17, 15) is 0 Å². The van der Waals surface area contributed by atoms with Crippen LogP contribution in [0.3, 0.4) is 0 Å². The first kappa shape index (κ1) is 13.1. The average molecular weight is 330 g/mol. The zero-order chi connectivity index (χ0) is 13.6. The summed E-state index contributed by atoms with van der Waals surface area (Å²) in [6.07, 6.45) is 0. The van der Waals surface area contributed by atoms with Gasteiger partial charge in [0.05, 0.1) is 5.39 Å². The van der Waals surface area contributed by atoms with E-state index in [4.69, 9.17) is 34.8 Å². The summed E-state index contributed by atoms with van der Waals surface area (Å²) in [5.74, 6) is 0. The van der Waals surface area contributed by atoms with Crippen molar-refractivity contribution in [3.05, 3.63) is 44.6 Å². The van der Waals surface area contributed by atoms with Gasteiger partial charge in [0.2, 0.25) is 5.28 Å². The predicted molar refractivity (Wildman–Crippen MR) is 82.6 cm³/mol. The number of rotatable bonds is 1. The van der Waals surface area contributed by atoms with Gasteiger partial charge in [-0.2, -0.15) is 0 Å². The molecule has 0 radical (unpaired) electrons. The minimum absolute atomic E-state index is 0.168. The second-order valence-corrected chi connectivity index (χ2v) is 6.34. The van der Waals surface area contributed by atoms with E-state index in [1.165, 1.54) is 0 Å². The second-order valence-electron chi connectivity index (χ2n) is 4.00. The van der Waals surface area contributed by atoms with Gasteiger partial charge in [-0.05, 0) is 36.2 Å². The first-order chi connectivity index (χ1) is 9.06. The Morgan fingerprint density at radius 2 is 1.68 bits per heavy atom. The van der Waals surface area contributed by atoms with Crippen LogP contribution in [0.4, 0.5) is 0 Å². The van der Waals surface area contributed by atoms with E-state index in [0.717, 1.165) is 26.2 Å². The van der Waals surface area contributed by atoms with Crippen molar-refractivity contribution in [2.75, 3.05) is 0 Å². The van der Waals surface area contributed by atoms with Crippen LogP contribution >= 0.6 is 46.1 Å². The first-order valence-electron chi connectivity index (χ1n) is 5.44. The summed E-state index contributed by atoms with van der Waals surface area (Å²) in [6, 6.07) is 7.62. The monoisotopic (exact) mass is 328 g/mol. The molecule has 2 heterocycles. The quantitative estimate of drug-likeness (QED) is 0.427. The number of aryl methyl sites for hydroxylation is 1. The van der Waals surface area contributed by atoms with Crippen LogP contribution in [-0.2, 0) is 0 Å². The lowest BCUT2D eigenvalue weighted by atomic mass is 10.0. The molecule has 0 spiro atoms. The van der Waals surface area contributed by atoms with Gasteiger partial charge in [0, 0.05) is 15.5 Å². The zero-order valence-electron chi connectivity index (χ0n) is 9.75. The lowest BCUT2D eigenvalue weighted by Gasteiger charge is -2.03. The lowest BCUT2D eigenvalue weighted by molar-refractivity contribution is 1.23. The van der Waals surface area contributed by atoms with Crippen LogP contribution in [0.2, 0.25) is 15.5 Å². The molecule has 3 rings (SSSR count). The fourth-order valence-electron chi connectivity index (χ4n) is 2.01. The molecule has 0 aliphatic rings. The fraction of sp³-hybridized carbons (Fsp3) is 0.0769. The Kier molecular flexibility index (Phi) is 3.39. The van der Waals surface area contributed by atoms with Gasteiger partial charge in [-0.3, -0.25) is 0 Å². The summed E-state index contributed by atoms with van der Waals surface area (Å²) in [5, 5.41) is 2.09. The third-order valence-corrected chi connectivity index (χ3v) is 4.48. The standard InChI is InChI=1S/C13H7Cl3N2S/c1-6-9(7-2-4-8(14)5-3-7)10-11(15)17-13(16)18-12(10)19-6/h2-5H,1H3. The number of nitrogens with zero attached hydrogens (tertiary/aromatic N) is 2. The maximum Gasteiger partial charge on any atom is 0.225 e. The first-order valence-corrected chi connectivity index (χ1v) is 7.39. The Hall–Kier alpha value is -0.870. The molecule has 0 saturated carbocycles. The number of aromatic nitrogens is 2. The predicted octanol–water partition coefficient (Wildman–Crippen LogP) is 5.63. The van der Waals surface area contributed by atoms with Crippen LogP contribution in [-0.4, -0.2) is 9.97 Å². The SMILES string of the molecule is Cc1sc2nc(Cl)nc(Cl)c2c1-c1ccc(Cl)cc1. The van der Waals surface area contributed by atoms with Crippen molar-refractivity contribution < 1.29 is 0 Å². The Morgan fingerprint density at radius 1 is 1.00 bits per heavy atom. The normalized spacial score (nSPS) is 11.2. The van der Waals surface area contributed by atoms with Gasteiger partial charge < -0.3 is 0 Å². The number of thiophene rings is 1. The average Bonchev–Trinajstić information content (AvgIpc) is 2.66. The van der Waals surface area contributed by atoms with Crippen LogP contribution < -0.4 is 0 Å². The minimum Gasteiger partial charge on any atom is -0.207 e. The summed E-state index contributed by atoms with van der Waals surface area (Å²) < 4.78 is 0. The third-order valence-electron chi connectivity index (χ3n) is 2.79. The molecule has 0 aliphatic heterocycles. The highest BCUT2D eigenvalue weighted by Gasteiger charge is 2.16. The topological polar surface area (TPSA) is 25.8 Å². The second kappa shape index (κ2) is 4.91. The van der Waals surface area contributed by atoms with Gasteiger partial charge in [0.15, 0.2) is 0 Å². The molecule has 0 saturated heterocycles. The van der Waals surface area contributed by atoms with Crippen molar-refractivity contribution in [2.24, 2.45) is 0 Å². The summed E-state index contributed by atoms with van der Waals surface area (Å²) in [4.78, 5) is 10.2. The molecule has 19 heavy (non-hydrogen) atoms. The maximum absolute atomic E-state index is 6.21. The lowest BCUT2D eigenvalue weighted by Crippen LogP contribution is -1.85. The molecule has 0 bridgehead atoms. The van der Waals surface area contributed by atoms with Crippen molar-refractivity contribution in [3.63, 3.8) is 0 Å². The van der Waals surface area contributed by atoms with Gasteiger partial charge in [0.25, 0.3) is 0 Å². The number of halogens is 3. The van der Waals surface area contributed by atoms with Gasteiger partial charge in [-0.15, -0.1) is 11.3 Å². The van der Waals surface area contributed by atoms with Crippen LogP contribution in [0, 0.1) is 6.92 Å². The molecule has 3 aromatic rings. The molecule has 2 nitrogen and oxygen atoms in total. The number of hydrogen-bond acceptors (Lipinski definition) is 3. The van der Waals surface area contributed by atoms with Crippen molar-refractivity contribution in [3.8, 4) is 11.1 Å². The molecule has 96 valence electrons. The van der Waals surface area contributed by atoms with Crippen LogP contribution in [0.1, 0.15) is 4.88 Å². The largest absolute Gasteiger partial charge is 0.225 e. The Balaban J connectivity index is 2.34. The van der Waals surface area contributed by atoms with E-state index in [1.54, 1.807) is 11.3 Å². The molecule has 0 unspecified atom stereocenters. The van der Waals surface area contributed by atoms with Gasteiger partial charge >= 0.3 is 0 Å². The molecule has 0 atom stereocenters. The summed E-state index contributed by atoms with van der Waals surface area (Å²) in [7, 11) is 0. The van der Waals surface area contributed by atoms with Crippen LogP contribution in [0.25, 0.3) is 21.3 Å². The van der Waals surface area contributed by atoms with E-state index in [-0.39, 0.29) is 5.28 Å². The highest BCUT2D eigenvalue weighted by molar-refractivity contribution is 7.19. The van der Waals surface area contributed by atoms with E-state index in [1.807, 2.05) is 31.2 Å². The highest BCUT2D eigenvalue weighted by atomic mass is 35.5. The molecular weight excluding hydrogens is 323 g/mol. The molecule has 0 fully saturated rings. The number of hydrogen-bond donors (Lipinski definition) is 0. The maximum atomic E-state index is 6.21. The molecule has 1 aromatic carbocycles. The molecule has 0 aliphatic carbocycles. The zero-order valence-corrected chi connectivity index (χ0v) is 12.8. The van der Waals surface area contributed by atoms with Gasteiger partial charge in [-0.25, -0.2) is 9.97 Å². The van der Waals surface area contributed by atoms with E-state index >= 15 is 0 Å². The highest BCUT2D eigenvalue weighted by Crippen LogP contribution is 2.40. The van der Waals surface area contributed by atoms with Gasteiger partial charge in [0.1, 0.15) is 9.98 Å². The Bertz CT molecular complexity index is 766. The van der Waals surface area contributed by atoms with Crippen LogP contribution in [0.5, 0.6) is 0 Å². The van der Waals surface area contributed by atoms with E-state index in [2.05, 4.69) is 9.97 Å². The Morgan fingerprint density at radius 3 is 2.37 bits per heavy atom. The molecule has 6 heteroatoms. The van der Waals surface area contributed by atoms with Crippen molar-refractivity contribution >= 4 is 56.4 Å². The fourth-order valence-corrected chi connectivity index (χ4v) is 3.76. The van der Waals surface area contributed by atoms with Crippen LogP contribution in [0.15, 0.2) is 24.3 Å². The molecule has 0 N–H and O–H groups in total.